The molecule has 0 aliphatic carbocycles. The van der Waals surface area contributed by atoms with Crippen LogP contribution in [0.15, 0.2) is 144 Å². The molecule has 0 bridgehead atoms. The number of rotatable bonds is 6. The molecule has 5 nitrogen and oxygen atoms in total. The molecule has 3 heterocycles. The number of furan rings is 1. The van der Waals surface area contributed by atoms with E-state index in [-0.39, 0.29) is 48.5 Å². The van der Waals surface area contributed by atoms with Gasteiger partial charge in [-0.3, -0.25) is 9.55 Å². The van der Waals surface area contributed by atoms with Gasteiger partial charge in [0.25, 0.3) is 0 Å². The fourth-order valence-electron chi connectivity index (χ4n) is 10.1. The van der Waals surface area contributed by atoms with Crippen molar-refractivity contribution in [1.82, 2.24) is 14.5 Å². The van der Waals surface area contributed by atoms with Crippen LogP contribution < -0.4 is 0 Å². The maximum atomic E-state index is 12.6. The average molecular weight is 1130 g/mol. The maximum Gasteiger partial charge on any atom is 0.148 e. The van der Waals surface area contributed by atoms with Gasteiger partial charge in [0, 0.05) is 60.4 Å². The van der Waals surface area contributed by atoms with E-state index in [1.165, 1.54) is 5.56 Å². The van der Waals surface area contributed by atoms with E-state index in [1.807, 2.05) is 18.3 Å². The van der Waals surface area contributed by atoms with Crippen molar-refractivity contribution >= 4 is 33.0 Å². The number of hydrogen-bond donors (Lipinski definition) is 1. The Labute approximate surface area is 440 Å². The molecule has 0 saturated carbocycles. The van der Waals surface area contributed by atoms with Crippen molar-refractivity contribution in [2.75, 3.05) is 0 Å². The number of nitrogens with zero attached hydrogens (tertiary/aromatic N) is 3. The van der Waals surface area contributed by atoms with Crippen LogP contribution >= 0.6 is 0 Å². The fraction of sp³-hybridized carbons (Fsp3) is 0.273. The predicted molar refractivity (Wildman–Crippen MR) is 298 cm³/mol. The third-order valence-electron chi connectivity index (χ3n) is 14.4. The van der Waals surface area contributed by atoms with E-state index in [4.69, 9.17) is 14.4 Å². The van der Waals surface area contributed by atoms with Crippen molar-refractivity contribution in [3.8, 4) is 67.5 Å². The molecule has 0 unspecified atom stereocenters. The van der Waals surface area contributed by atoms with Gasteiger partial charge in [-0.15, -0.1) is 29.3 Å². The van der Waals surface area contributed by atoms with Gasteiger partial charge >= 0.3 is 0 Å². The fourth-order valence-corrected chi connectivity index (χ4v) is 10.1. The van der Waals surface area contributed by atoms with Crippen LogP contribution in [0.5, 0.6) is 5.75 Å². The zero-order valence-corrected chi connectivity index (χ0v) is 46.6. The van der Waals surface area contributed by atoms with Crippen molar-refractivity contribution < 1.29 is 30.6 Å². The third-order valence-corrected chi connectivity index (χ3v) is 14.4. The van der Waals surface area contributed by atoms with Crippen LogP contribution in [0.2, 0.25) is 0 Å². The van der Waals surface area contributed by atoms with E-state index in [1.54, 1.807) is 0 Å². The van der Waals surface area contributed by atoms with Crippen LogP contribution in [0.25, 0.3) is 94.7 Å². The number of imidazole rings is 1. The smallest absolute Gasteiger partial charge is 0.148 e. The number of para-hydroxylation sites is 2. The molecule has 0 aliphatic heterocycles. The molecule has 6 heteroatoms. The van der Waals surface area contributed by atoms with Crippen LogP contribution in [0, 0.1) is 19.9 Å². The monoisotopic (exact) mass is 1130 g/mol. The summed E-state index contributed by atoms with van der Waals surface area (Å²) in [6, 6.07) is 51.6. The molecule has 0 fully saturated rings. The summed E-state index contributed by atoms with van der Waals surface area (Å²) in [6.45, 7) is 31.0. The summed E-state index contributed by atoms with van der Waals surface area (Å²) < 4.78 is 8.75. The number of phenolic OH excluding ortho intramolecular Hbond substituents is 1. The van der Waals surface area contributed by atoms with Crippen molar-refractivity contribution in [2.24, 2.45) is 0 Å². The minimum atomic E-state index is -0.340. The van der Waals surface area contributed by atoms with Crippen molar-refractivity contribution in [2.45, 2.75) is 119 Å². The molecule has 0 saturated heterocycles. The first-order valence-corrected chi connectivity index (χ1v) is 25.0. The van der Waals surface area contributed by atoms with Crippen molar-refractivity contribution in [3.05, 3.63) is 179 Å². The number of pyridine rings is 1. The van der Waals surface area contributed by atoms with Crippen LogP contribution in [0.1, 0.15) is 116 Å². The molecule has 10 aromatic rings. The molecule has 72 heavy (non-hydrogen) atoms. The minimum absolute atomic E-state index is 0. The number of aromatic hydroxyl groups is 1. The molecule has 7 aromatic carbocycles. The summed E-state index contributed by atoms with van der Waals surface area (Å²) in [5.74, 6) is 0.923. The van der Waals surface area contributed by atoms with Gasteiger partial charge in [-0.2, -0.15) is 0 Å². The zero-order chi connectivity index (χ0) is 50.5. The summed E-state index contributed by atoms with van der Waals surface area (Å²) in [7, 11) is 0. The van der Waals surface area contributed by atoms with E-state index < -0.39 is 0 Å². The number of benzene rings is 7. The van der Waals surface area contributed by atoms with Crippen LogP contribution in [-0.2, 0) is 42.7 Å². The topological polar surface area (TPSA) is 64.1 Å². The van der Waals surface area contributed by atoms with E-state index in [2.05, 4.69) is 229 Å². The van der Waals surface area contributed by atoms with Gasteiger partial charge in [0.05, 0.1) is 22.3 Å². The molecule has 0 atom stereocenters. The minimum Gasteiger partial charge on any atom is -0.507 e. The van der Waals surface area contributed by atoms with E-state index in [0.29, 0.717) is 11.4 Å². The Morgan fingerprint density at radius 1 is 0.542 bits per heavy atom. The van der Waals surface area contributed by atoms with Gasteiger partial charge in [0.15, 0.2) is 0 Å². The quantitative estimate of drug-likeness (QED) is 0.169. The molecule has 0 amide bonds. The Bertz CT molecular complexity index is 3710. The molecular weight excluding hydrogens is 1060 g/mol. The summed E-state index contributed by atoms with van der Waals surface area (Å²) in [5.41, 5.74) is 19.0. The van der Waals surface area contributed by atoms with Crippen LogP contribution in [0.4, 0.5) is 0 Å². The largest absolute Gasteiger partial charge is 0.507 e. The molecule has 0 aliphatic rings. The first kappa shape index (κ1) is 50.4. The standard InChI is InChI=1S/C66H66N3O2.Pt/c1-39-38-67-55(37-51(39)47-28-29-50-49-23-18-19-26-58(49)71-61(50)40(47)2)43-31-42(32-45(33-43)64(6,7)8)48-24-20-25-57-59(48)68-62(53-35-46(65(9,10)11)36-54(60(53)70)66(12,13)14)69(57)56-30-27-44(63(3,4)5)34-52(56)41-21-16-15-17-22-41;/h15-30,32-38,70H,1-14H3;/q-1;. The van der Waals surface area contributed by atoms with Gasteiger partial charge in [0.2, 0.25) is 0 Å². The summed E-state index contributed by atoms with van der Waals surface area (Å²) in [4.78, 5) is 10.8. The average Bonchev–Trinajstić information content (AvgIpc) is 3.90. The SMILES string of the molecule is Cc1cnc(-c2[c-]c(-c3cccc4c3nc(-c3cc(C(C)(C)C)cc(C(C)(C)C)c3O)n4-c3ccc(C(C)(C)C)cc3-c3ccccc3)cc(C(C)(C)C)c2)cc1-c1ccc2c(oc3ccccc32)c1C.[Pt]. The van der Waals surface area contributed by atoms with Gasteiger partial charge in [-0.25, -0.2) is 4.98 Å². The zero-order valence-electron chi connectivity index (χ0n) is 44.3. The normalized spacial score (nSPS) is 12.5. The van der Waals surface area contributed by atoms with E-state index in [9.17, 15) is 5.11 Å². The molecule has 1 N–H and O–H groups in total. The Morgan fingerprint density at radius 3 is 1.89 bits per heavy atom. The number of phenols is 1. The Kier molecular flexibility index (Phi) is 12.7. The molecule has 0 spiro atoms. The summed E-state index contributed by atoms with van der Waals surface area (Å²) >= 11 is 0. The van der Waals surface area contributed by atoms with Gasteiger partial charge in [-0.05, 0) is 105 Å². The predicted octanol–water partition coefficient (Wildman–Crippen LogP) is 18.0. The number of fused-ring (bicyclic) bond motifs is 4. The van der Waals surface area contributed by atoms with E-state index >= 15 is 0 Å². The number of aromatic nitrogens is 3. The Balaban J connectivity index is 0.00000640. The second kappa shape index (κ2) is 18.2. The van der Waals surface area contributed by atoms with Crippen molar-refractivity contribution in [3.63, 3.8) is 0 Å². The summed E-state index contributed by atoms with van der Waals surface area (Å²) in [5, 5.41) is 14.9. The number of aryl methyl sites for hydroxylation is 2. The Morgan fingerprint density at radius 2 is 1.19 bits per heavy atom. The molecule has 0 radical (unpaired) electrons. The first-order chi connectivity index (χ1) is 33.5. The molecular formula is C66H66N3O2Pt-. The first-order valence-electron chi connectivity index (χ1n) is 25.0. The second-order valence-corrected chi connectivity index (χ2v) is 23.8. The molecule has 368 valence electrons. The number of hydrogen-bond acceptors (Lipinski definition) is 4. The Hall–Kier alpha value is -6.55. The van der Waals surface area contributed by atoms with Gasteiger partial charge in [0.1, 0.15) is 22.7 Å². The van der Waals surface area contributed by atoms with Gasteiger partial charge in [-0.1, -0.05) is 179 Å². The van der Waals surface area contributed by atoms with E-state index in [0.717, 1.165) is 111 Å². The second-order valence-electron chi connectivity index (χ2n) is 23.8. The van der Waals surface area contributed by atoms with Crippen LogP contribution in [0.3, 0.4) is 0 Å². The third kappa shape index (κ3) is 9.04. The molecule has 10 rings (SSSR count). The van der Waals surface area contributed by atoms with Crippen LogP contribution in [-0.4, -0.2) is 19.6 Å². The molecule has 3 aromatic heterocycles. The van der Waals surface area contributed by atoms with Crippen molar-refractivity contribution in [1.29, 1.82) is 0 Å². The van der Waals surface area contributed by atoms with Gasteiger partial charge < -0.3 is 9.52 Å². The summed E-state index contributed by atoms with van der Waals surface area (Å²) in [6.07, 6.45) is 1.98. The maximum absolute atomic E-state index is 12.6.